The number of aromatic nitrogens is 1. The van der Waals surface area contributed by atoms with Gasteiger partial charge >= 0.3 is 5.97 Å². The zero-order valence-electron chi connectivity index (χ0n) is 7.40. The molecular weight excluding hydrogens is 166 g/mol. The van der Waals surface area contributed by atoms with Crippen molar-refractivity contribution in [2.24, 2.45) is 0 Å². The van der Waals surface area contributed by atoms with Crippen molar-refractivity contribution in [3.8, 4) is 0 Å². The van der Waals surface area contributed by atoms with Gasteiger partial charge in [0.05, 0.1) is 0 Å². The molecule has 0 aliphatic rings. The first-order chi connectivity index (χ1) is 6.24. The Labute approximate surface area is 76.7 Å². The first kappa shape index (κ1) is 9.45. The SMILES string of the molecule is CCC(=Cc1ccncc1)C(=O)O. The van der Waals surface area contributed by atoms with Crippen LogP contribution in [0.15, 0.2) is 30.1 Å². The molecule has 3 nitrogen and oxygen atoms in total. The van der Waals surface area contributed by atoms with Crippen LogP contribution >= 0.6 is 0 Å². The third kappa shape index (κ3) is 2.71. The molecular formula is C10H11NO2. The van der Waals surface area contributed by atoms with Crippen molar-refractivity contribution < 1.29 is 9.90 Å². The molecule has 0 radical (unpaired) electrons. The second-order valence-corrected chi connectivity index (χ2v) is 2.61. The summed E-state index contributed by atoms with van der Waals surface area (Å²) in [6, 6.07) is 3.55. The maximum atomic E-state index is 10.7. The highest BCUT2D eigenvalue weighted by molar-refractivity contribution is 5.91. The third-order valence-electron chi connectivity index (χ3n) is 1.70. The molecule has 0 saturated carbocycles. The topological polar surface area (TPSA) is 50.2 Å². The molecule has 0 aromatic carbocycles. The largest absolute Gasteiger partial charge is 0.478 e. The molecule has 3 heteroatoms. The number of nitrogens with zero attached hydrogens (tertiary/aromatic N) is 1. The average molecular weight is 177 g/mol. The minimum atomic E-state index is -0.862. The number of pyridine rings is 1. The van der Waals surface area contributed by atoms with Gasteiger partial charge in [0.2, 0.25) is 0 Å². The normalized spacial score (nSPS) is 11.3. The molecule has 0 fully saturated rings. The molecule has 0 aliphatic carbocycles. The maximum Gasteiger partial charge on any atom is 0.331 e. The highest BCUT2D eigenvalue weighted by Crippen LogP contribution is 2.08. The molecule has 68 valence electrons. The van der Waals surface area contributed by atoms with Gasteiger partial charge in [0, 0.05) is 18.0 Å². The highest BCUT2D eigenvalue weighted by atomic mass is 16.4. The summed E-state index contributed by atoms with van der Waals surface area (Å²) in [6.45, 7) is 1.82. The second-order valence-electron chi connectivity index (χ2n) is 2.61. The third-order valence-corrected chi connectivity index (χ3v) is 1.70. The van der Waals surface area contributed by atoms with E-state index < -0.39 is 5.97 Å². The summed E-state index contributed by atoms with van der Waals surface area (Å²) in [5, 5.41) is 8.75. The van der Waals surface area contributed by atoms with Crippen molar-refractivity contribution in [1.82, 2.24) is 4.98 Å². The van der Waals surface area contributed by atoms with E-state index in [1.807, 2.05) is 6.92 Å². The van der Waals surface area contributed by atoms with E-state index in [9.17, 15) is 4.79 Å². The summed E-state index contributed by atoms with van der Waals surface area (Å²) in [5.74, 6) is -0.862. The molecule has 1 rings (SSSR count). The quantitative estimate of drug-likeness (QED) is 0.718. The van der Waals surface area contributed by atoms with E-state index in [0.717, 1.165) is 5.56 Å². The van der Waals surface area contributed by atoms with Gasteiger partial charge in [0.1, 0.15) is 0 Å². The van der Waals surface area contributed by atoms with Crippen LogP contribution in [0.2, 0.25) is 0 Å². The first-order valence-electron chi connectivity index (χ1n) is 4.08. The minimum absolute atomic E-state index is 0.409. The number of hydrogen-bond donors (Lipinski definition) is 1. The van der Waals surface area contributed by atoms with Gasteiger partial charge in [-0.3, -0.25) is 4.98 Å². The Morgan fingerprint density at radius 1 is 1.54 bits per heavy atom. The highest BCUT2D eigenvalue weighted by Gasteiger charge is 2.03. The Bertz CT molecular complexity index is 317. The molecule has 0 bridgehead atoms. The summed E-state index contributed by atoms with van der Waals surface area (Å²) in [6.07, 6.45) is 5.46. The number of hydrogen-bond acceptors (Lipinski definition) is 2. The van der Waals surface area contributed by atoms with Gasteiger partial charge in [-0.25, -0.2) is 4.79 Å². The summed E-state index contributed by atoms with van der Waals surface area (Å²) in [5.41, 5.74) is 1.28. The molecule has 0 atom stereocenters. The number of carboxylic acid groups (broad SMARTS) is 1. The van der Waals surface area contributed by atoms with Crippen LogP contribution in [0.5, 0.6) is 0 Å². The van der Waals surface area contributed by atoms with E-state index >= 15 is 0 Å². The zero-order chi connectivity index (χ0) is 9.68. The molecule has 0 spiro atoms. The molecule has 0 unspecified atom stereocenters. The molecule has 0 amide bonds. The van der Waals surface area contributed by atoms with Crippen molar-refractivity contribution in [3.63, 3.8) is 0 Å². The Morgan fingerprint density at radius 3 is 2.62 bits per heavy atom. The lowest BCUT2D eigenvalue weighted by Crippen LogP contribution is -1.98. The Hall–Kier alpha value is -1.64. The van der Waals surface area contributed by atoms with Crippen molar-refractivity contribution in [2.45, 2.75) is 13.3 Å². The van der Waals surface area contributed by atoms with Gasteiger partial charge in [-0.1, -0.05) is 6.92 Å². The van der Waals surface area contributed by atoms with E-state index in [1.165, 1.54) is 0 Å². The molecule has 1 aromatic rings. The fourth-order valence-corrected chi connectivity index (χ4v) is 0.976. The van der Waals surface area contributed by atoms with Crippen LogP contribution in [-0.2, 0) is 4.79 Å². The Morgan fingerprint density at radius 2 is 2.15 bits per heavy atom. The van der Waals surface area contributed by atoms with E-state index in [-0.39, 0.29) is 0 Å². The number of carboxylic acids is 1. The van der Waals surface area contributed by atoms with Crippen molar-refractivity contribution >= 4 is 12.0 Å². The minimum Gasteiger partial charge on any atom is -0.478 e. The molecule has 1 N–H and O–H groups in total. The van der Waals surface area contributed by atoms with Crippen LogP contribution in [0.3, 0.4) is 0 Å². The van der Waals surface area contributed by atoms with Crippen molar-refractivity contribution in [1.29, 1.82) is 0 Å². The van der Waals surface area contributed by atoms with Crippen LogP contribution < -0.4 is 0 Å². The van der Waals surface area contributed by atoms with Crippen LogP contribution in [0.4, 0.5) is 0 Å². The van der Waals surface area contributed by atoms with Gasteiger partial charge in [0.15, 0.2) is 0 Å². The van der Waals surface area contributed by atoms with E-state index in [2.05, 4.69) is 4.98 Å². The van der Waals surface area contributed by atoms with Gasteiger partial charge in [-0.2, -0.15) is 0 Å². The van der Waals surface area contributed by atoms with E-state index in [1.54, 1.807) is 30.6 Å². The summed E-state index contributed by atoms with van der Waals surface area (Å²) < 4.78 is 0. The molecule has 0 aliphatic heterocycles. The van der Waals surface area contributed by atoms with Gasteiger partial charge in [-0.15, -0.1) is 0 Å². The molecule has 13 heavy (non-hydrogen) atoms. The van der Waals surface area contributed by atoms with E-state index in [0.29, 0.717) is 12.0 Å². The molecule has 1 heterocycles. The molecule has 1 aromatic heterocycles. The van der Waals surface area contributed by atoms with Crippen LogP contribution in [0.1, 0.15) is 18.9 Å². The standard InChI is InChI=1S/C10H11NO2/c1-2-9(10(12)13)7-8-3-5-11-6-4-8/h3-7H,2H2,1H3,(H,12,13). The van der Waals surface area contributed by atoms with Crippen molar-refractivity contribution in [2.75, 3.05) is 0 Å². The number of aliphatic carboxylic acids is 1. The number of carbonyl (C=O) groups is 1. The smallest absolute Gasteiger partial charge is 0.331 e. The van der Waals surface area contributed by atoms with Crippen LogP contribution in [0, 0.1) is 0 Å². The fraction of sp³-hybridized carbons (Fsp3) is 0.200. The first-order valence-corrected chi connectivity index (χ1v) is 4.08. The lowest BCUT2D eigenvalue weighted by Gasteiger charge is -1.97. The summed E-state index contributed by atoms with van der Waals surface area (Å²) >= 11 is 0. The van der Waals surface area contributed by atoms with Gasteiger partial charge in [0.25, 0.3) is 0 Å². The van der Waals surface area contributed by atoms with Gasteiger partial charge < -0.3 is 5.11 Å². The average Bonchev–Trinajstić information content (AvgIpc) is 2.15. The summed E-state index contributed by atoms with van der Waals surface area (Å²) in [7, 11) is 0. The predicted octanol–water partition coefficient (Wildman–Crippen LogP) is 1.96. The fourth-order valence-electron chi connectivity index (χ4n) is 0.976. The molecule has 0 saturated heterocycles. The lowest BCUT2D eigenvalue weighted by molar-refractivity contribution is -0.132. The van der Waals surface area contributed by atoms with E-state index in [4.69, 9.17) is 5.11 Å². The number of rotatable bonds is 3. The summed E-state index contributed by atoms with van der Waals surface area (Å²) in [4.78, 5) is 14.5. The van der Waals surface area contributed by atoms with Crippen LogP contribution in [-0.4, -0.2) is 16.1 Å². The Kier molecular flexibility index (Phi) is 3.20. The van der Waals surface area contributed by atoms with Crippen LogP contribution in [0.25, 0.3) is 6.08 Å². The lowest BCUT2D eigenvalue weighted by atomic mass is 10.1. The maximum absolute atomic E-state index is 10.7. The monoisotopic (exact) mass is 177 g/mol. The second kappa shape index (κ2) is 4.40. The van der Waals surface area contributed by atoms with Gasteiger partial charge in [-0.05, 0) is 30.2 Å². The zero-order valence-corrected chi connectivity index (χ0v) is 7.40. The Balaban J connectivity index is 2.92. The predicted molar refractivity (Wildman–Crippen MR) is 50.1 cm³/mol. The van der Waals surface area contributed by atoms with Crippen molar-refractivity contribution in [3.05, 3.63) is 35.7 Å².